The van der Waals surface area contributed by atoms with Gasteiger partial charge in [-0.25, -0.2) is 4.98 Å². The standard InChI is InChI=1S/C17H21ClN4O/c18-14-8-4-7-13(11-14)17(23)19-10-9-15-20-16(22-21-15)12-5-2-1-3-6-12/h4,7-8,11-12H,1-3,5-6,9-10H2,(H,19,23)(H,20,21,22). The predicted octanol–water partition coefficient (Wildman–Crippen LogP) is 3.48. The Balaban J connectivity index is 1.49. The smallest absolute Gasteiger partial charge is 0.251 e. The molecule has 1 aromatic carbocycles. The van der Waals surface area contributed by atoms with Crippen molar-refractivity contribution in [2.24, 2.45) is 0 Å². The van der Waals surface area contributed by atoms with Crippen LogP contribution in [0.5, 0.6) is 0 Å². The molecule has 1 saturated carbocycles. The van der Waals surface area contributed by atoms with E-state index in [2.05, 4.69) is 20.5 Å². The van der Waals surface area contributed by atoms with Gasteiger partial charge in [0.25, 0.3) is 5.91 Å². The third-order valence-electron chi connectivity index (χ3n) is 4.25. The highest BCUT2D eigenvalue weighted by Gasteiger charge is 2.19. The van der Waals surface area contributed by atoms with Gasteiger partial charge in [0.2, 0.25) is 0 Å². The molecule has 23 heavy (non-hydrogen) atoms. The molecule has 5 nitrogen and oxygen atoms in total. The van der Waals surface area contributed by atoms with Crippen LogP contribution in [0.1, 0.15) is 60.0 Å². The van der Waals surface area contributed by atoms with E-state index in [1.165, 1.54) is 32.1 Å². The Bertz CT molecular complexity index is 664. The summed E-state index contributed by atoms with van der Waals surface area (Å²) in [6.45, 7) is 0.518. The third kappa shape index (κ3) is 4.32. The van der Waals surface area contributed by atoms with Crippen molar-refractivity contribution in [2.75, 3.05) is 6.54 Å². The van der Waals surface area contributed by atoms with Crippen LogP contribution < -0.4 is 5.32 Å². The topological polar surface area (TPSA) is 70.7 Å². The summed E-state index contributed by atoms with van der Waals surface area (Å²) in [5, 5.41) is 10.8. The first-order valence-corrected chi connectivity index (χ1v) is 8.55. The minimum atomic E-state index is -0.125. The molecule has 0 bridgehead atoms. The van der Waals surface area contributed by atoms with Gasteiger partial charge >= 0.3 is 0 Å². The normalized spacial score (nSPS) is 15.5. The van der Waals surface area contributed by atoms with Crippen LogP contribution in [0, 0.1) is 0 Å². The monoisotopic (exact) mass is 332 g/mol. The molecule has 3 rings (SSSR count). The number of amides is 1. The Morgan fingerprint density at radius 2 is 2.13 bits per heavy atom. The number of carbonyl (C=O) groups is 1. The molecular weight excluding hydrogens is 312 g/mol. The molecular formula is C17H21ClN4O. The minimum absolute atomic E-state index is 0.125. The summed E-state index contributed by atoms with van der Waals surface area (Å²) in [5.74, 6) is 2.13. The van der Waals surface area contributed by atoms with Crippen molar-refractivity contribution < 1.29 is 4.79 Å². The van der Waals surface area contributed by atoms with Gasteiger partial charge in [0.15, 0.2) is 5.82 Å². The van der Waals surface area contributed by atoms with Gasteiger partial charge in [-0.15, -0.1) is 0 Å². The first kappa shape index (κ1) is 16.0. The number of nitrogens with one attached hydrogen (secondary N) is 2. The van der Waals surface area contributed by atoms with E-state index in [1.54, 1.807) is 24.3 Å². The summed E-state index contributed by atoms with van der Waals surface area (Å²) in [5.41, 5.74) is 0.568. The second kappa shape index (κ2) is 7.59. The quantitative estimate of drug-likeness (QED) is 0.880. The zero-order valence-electron chi connectivity index (χ0n) is 13.0. The number of halogens is 1. The number of nitrogens with zero attached hydrogens (tertiary/aromatic N) is 2. The van der Waals surface area contributed by atoms with E-state index in [1.807, 2.05) is 0 Å². The molecule has 1 aliphatic carbocycles. The number of carbonyl (C=O) groups excluding carboxylic acids is 1. The number of hydrogen-bond donors (Lipinski definition) is 2. The summed E-state index contributed by atoms with van der Waals surface area (Å²) < 4.78 is 0. The Morgan fingerprint density at radius 1 is 1.30 bits per heavy atom. The fourth-order valence-electron chi connectivity index (χ4n) is 2.99. The number of H-pyrrole nitrogens is 1. The lowest BCUT2D eigenvalue weighted by atomic mass is 9.89. The molecule has 1 amide bonds. The van der Waals surface area contributed by atoms with Crippen molar-refractivity contribution in [2.45, 2.75) is 44.4 Å². The highest BCUT2D eigenvalue weighted by atomic mass is 35.5. The zero-order chi connectivity index (χ0) is 16.1. The van der Waals surface area contributed by atoms with Gasteiger partial charge in [-0.3, -0.25) is 9.89 Å². The first-order chi connectivity index (χ1) is 11.2. The van der Waals surface area contributed by atoms with Gasteiger partial charge in [0.1, 0.15) is 5.82 Å². The minimum Gasteiger partial charge on any atom is -0.352 e. The van der Waals surface area contributed by atoms with Crippen molar-refractivity contribution in [1.82, 2.24) is 20.5 Å². The van der Waals surface area contributed by atoms with Gasteiger partial charge in [-0.05, 0) is 31.0 Å². The molecule has 0 aliphatic heterocycles. The van der Waals surface area contributed by atoms with Crippen molar-refractivity contribution in [3.63, 3.8) is 0 Å². The molecule has 0 unspecified atom stereocenters. The van der Waals surface area contributed by atoms with Crippen molar-refractivity contribution in [1.29, 1.82) is 0 Å². The van der Waals surface area contributed by atoms with E-state index in [0.29, 0.717) is 29.5 Å². The second-order valence-electron chi connectivity index (χ2n) is 5.99. The van der Waals surface area contributed by atoms with Crippen LogP contribution in [0.15, 0.2) is 24.3 Å². The summed E-state index contributed by atoms with van der Waals surface area (Å²) >= 11 is 5.89. The number of benzene rings is 1. The van der Waals surface area contributed by atoms with Crippen molar-refractivity contribution in [3.05, 3.63) is 46.5 Å². The van der Waals surface area contributed by atoms with Crippen LogP contribution in [0.3, 0.4) is 0 Å². The summed E-state index contributed by atoms with van der Waals surface area (Å²) in [6.07, 6.45) is 6.87. The SMILES string of the molecule is O=C(NCCc1nc(C2CCCCC2)n[nH]1)c1cccc(Cl)c1. The fourth-order valence-corrected chi connectivity index (χ4v) is 3.18. The van der Waals surface area contributed by atoms with Crippen LogP contribution >= 0.6 is 11.6 Å². The van der Waals surface area contributed by atoms with E-state index in [0.717, 1.165) is 11.6 Å². The third-order valence-corrected chi connectivity index (χ3v) is 4.49. The fraction of sp³-hybridized carbons (Fsp3) is 0.471. The van der Waals surface area contributed by atoms with Gasteiger partial charge in [-0.2, -0.15) is 5.10 Å². The Kier molecular flexibility index (Phi) is 5.28. The van der Waals surface area contributed by atoms with E-state index < -0.39 is 0 Å². The molecule has 6 heteroatoms. The lowest BCUT2D eigenvalue weighted by molar-refractivity contribution is 0.0954. The average Bonchev–Trinajstić information content (AvgIpc) is 3.04. The summed E-state index contributed by atoms with van der Waals surface area (Å²) in [4.78, 5) is 16.6. The van der Waals surface area contributed by atoms with Crippen LogP contribution in [-0.4, -0.2) is 27.6 Å². The molecule has 1 aliphatic rings. The maximum absolute atomic E-state index is 12.0. The van der Waals surface area contributed by atoms with Crippen LogP contribution in [0.25, 0.3) is 0 Å². The van der Waals surface area contributed by atoms with Gasteiger partial charge in [0, 0.05) is 29.5 Å². The molecule has 2 aromatic rings. The van der Waals surface area contributed by atoms with E-state index in [4.69, 9.17) is 11.6 Å². The lowest BCUT2D eigenvalue weighted by Gasteiger charge is -2.18. The molecule has 1 heterocycles. The van der Waals surface area contributed by atoms with E-state index >= 15 is 0 Å². The van der Waals surface area contributed by atoms with E-state index in [9.17, 15) is 4.79 Å². The van der Waals surface area contributed by atoms with Crippen LogP contribution in [-0.2, 0) is 6.42 Å². The maximum atomic E-state index is 12.0. The lowest BCUT2D eigenvalue weighted by Crippen LogP contribution is -2.25. The number of aromatic nitrogens is 3. The van der Waals surface area contributed by atoms with Crippen LogP contribution in [0.4, 0.5) is 0 Å². The number of aromatic amines is 1. The van der Waals surface area contributed by atoms with E-state index in [-0.39, 0.29) is 5.91 Å². The Hall–Kier alpha value is -1.88. The predicted molar refractivity (Wildman–Crippen MR) is 89.7 cm³/mol. The molecule has 0 atom stereocenters. The Labute approximate surface area is 140 Å². The average molecular weight is 333 g/mol. The molecule has 0 saturated heterocycles. The largest absolute Gasteiger partial charge is 0.352 e. The van der Waals surface area contributed by atoms with Crippen LogP contribution in [0.2, 0.25) is 5.02 Å². The maximum Gasteiger partial charge on any atom is 0.251 e. The summed E-state index contributed by atoms with van der Waals surface area (Å²) in [7, 11) is 0. The molecule has 2 N–H and O–H groups in total. The highest BCUT2D eigenvalue weighted by Crippen LogP contribution is 2.30. The van der Waals surface area contributed by atoms with Gasteiger partial charge in [-0.1, -0.05) is 36.9 Å². The number of rotatable bonds is 5. The van der Waals surface area contributed by atoms with Gasteiger partial charge < -0.3 is 5.32 Å². The molecule has 1 aromatic heterocycles. The first-order valence-electron chi connectivity index (χ1n) is 8.17. The summed E-state index contributed by atoms with van der Waals surface area (Å²) in [6, 6.07) is 6.92. The zero-order valence-corrected chi connectivity index (χ0v) is 13.8. The Morgan fingerprint density at radius 3 is 2.91 bits per heavy atom. The molecule has 0 spiro atoms. The number of hydrogen-bond acceptors (Lipinski definition) is 3. The van der Waals surface area contributed by atoms with Crippen molar-refractivity contribution in [3.8, 4) is 0 Å². The molecule has 0 radical (unpaired) electrons. The van der Waals surface area contributed by atoms with Crippen molar-refractivity contribution >= 4 is 17.5 Å². The second-order valence-corrected chi connectivity index (χ2v) is 6.43. The molecule has 1 fully saturated rings. The molecule has 122 valence electrons. The van der Waals surface area contributed by atoms with Gasteiger partial charge in [0.05, 0.1) is 0 Å². The highest BCUT2D eigenvalue weighted by molar-refractivity contribution is 6.30.